The van der Waals surface area contributed by atoms with Gasteiger partial charge in [-0.2, -0.15) is 0 Å². The number of rotatable bonds is 3. The molecular weight excluding hydrogens is 236 g/mol. The molecule has 1 aliphatic rings. The minimum absolute atomic E-state index is 0.723. The molecule has 2 heterocycles. The lowest BCUT2D eigenvalue weighted by Crippen LogP contribution is -2.33. The minimum atomic E-state index is 0.723. The van der Waals surface area contributed by atoms with E-state index in [1.807, 2.05) is 6.07 Å². The van der Waals surface area contributed by atoms with Crippen molar-refractivity contribution in [3.63, 3.8) is 0 Å². The first-order valence-corrected chi connectivity index (χ1v) is 7.08. The van der Waals surface area contributed by atoms with Gasteiger partial charge in [-0.15, -0.1) is 0 Å². The third kappa shape index (κ3) is 2.23. The third-order valence-electron chi connectivity index (χ3n) is 3.89. The van der Waals surface area contributed by atoms with Crippen LogP contribution in [0.15, 0.2) is 18.2 Å². The number of ether oxygens (including phenoxy) is 1. The number of hydrogen-bond acceptors (Lipinski definition) is 2. The van der Waals surface area contributed by atoms with Crippen molar-refractivity contribution in [3.05, 3.63) is 29.5 Å². The first kappa shape index (κ1) is 12.5. The van der Waals surface area contributed by atoms with Gasteiger partial charge in [0.15, 0.2) is 0 Å². The lowest BCUT2D eigenvalue weighted by molar-refractivity contribution is 0.226. The van der Waals surface area contributed by atoms with E-state index >= 15 is 0 Å². The standard InChI is InChI=1S/C16H22N2O/c1-11(2)9-18-8-7-14-13(10-18)12-5-4-6-15(19-3)16(12)17-14/h4-6,11,17H,7-10H2,1-3H3. The molecule has 3 nitrogen and oxygen atoms in total. The Morgan fingerprint density at radius 2 is 2.21 bits per heavy atom. The lowest BCUT2D eigenvalue weighted by atomic mass is 10.0. The lowest BCUT2D eigenvalue weighted by Gasteiger charge is -2.28. The Labute approximate surface area is 114 Å². The molecule has 0 spiro atoms. The molecule has 2 aromatic rings. The largest absolute Gasteiger partial charge is 0.495 e. The zero-order valence-corrected chi connectivity index (χ0v) is 12.0. The molecule has 0 unspecified atom stereocenters. The molecule has 19 heavy (non-hydrogen) atoms. The van der Waals surface area contributed by atoms with Crippen LogP contribution in [0, 0.1) is 5.92 Å². The highest BCUT2D eigenvalue weighted by molar-refractivity contribution is 5.89. The van der Waals surface area contributed by atoms with Gasteiger partial charge in [0.05, 0.1) is 12.6 Å². The van der Waals surface area contributed by atoms with Crippen LogP contribution < -0.4 is 4.74 Å². The molecule has 0 aliphatic carbocycles. The van der Waals surface area contributed by atoms with Crippen LogP contribution in [-0.4, -0.2) is 30.1 Å². The van der Waals surface area contributed by atoms with Gasteiger partial charge in [-0.05, 0) is 17.5 Å². The molecule has 0 radical (unpaired) electrons. The normalized spacial score (nSPS) is 16.0. The van der Waals surface area contributed by atoms with Crippen LogP contribution in [0.4, 0.5) is 0 Å². The Morgan fingerprint density at radius 1 is 1.37 bits per heavy atom. The van der Waals surface area contributed by atoms with E-state index in [0.29, 0.717) is 0 Å². The third-order valence-corrected chi connectivity index (χ3v) is 3.89. The SMILES string of the molecule is COc1cccc2c3c([nH]c12)CCN(CC(C)C)C3. The molecule has 3 heteroatoms. The second-order valence-corrected chi connectivity index (χ2v) is 5.84. The van der Waals surface area contributed by atoms with Crippen molar-refractivity contribution in [1.29, 1.82) is 0 Å². The number of methoxy groups -OCH3 is 1. The Morgan fingerprint density at radius 3 is 2.95 bits per heavy atom. The number of hydrogen-bond donors (Lipinski definition) is 1. The van der Waals surface area contributed by atoms with E-state index in [0.717, 1.165) is 36.7 Å². The molecule has 1 aliphatic heterocycles. The first-order valence-electron chi connectivity index (χ1n) is 7.08. The van der Waals surface area contributed by atoms with Gasteiger partial charge in [0.1, 0.15) is 5.75 Å². The molecular formula is C16H22N2O. The van der Waals surface area contributed by atoms with Crippen molar-refractivity contribution < 1.29 is 4.74 Å². The summed E-state index contributed by atoms with van der Waals surface area (Å²) in [6.45, 7) is 7.96. The maximum atomic E-state index is 5.45. The number of aromatic nitrogens is 1. The quantitative estimate of drug-likeness (QED) is 0.915. The monoisotopic (exact) mass is 258 g/mol. The Hall–Kier alpha value is -1.48. The number of benzene rings is 1. The molecule has 0 bridgehead atoms. The fourth-order valence-corrected chi connectivity index (χ4v) is 3.11. The van der Waals surface area contributed by atoms with Crippen molar-refractivity contribution in [1.82, 2.24) is 9.88 Å². The Bertz CT molecular complexity index is 586. The van der Waals surface area contributed by atoms with Crippen LogP contribution in [0.2, 0.25) is 0 Å². The van der Waals surface area contributed by atoms with Gasteiger partial charge in [-0.1, -0.05) is 26.0 Å². The summed E-state index contributed by atoms with van der Waals surface area (Å²) in [6, 6.07) is 6.30. The van der Waals surface area contributed by atoms with Crippen LogP contribution in [0.1, 0.15) is 25.1 Å². The summed E-state index contributed by atoms with van der Waals surface area (Å²) in [5.74, 6) is 1.67. The maximum absolute atomic E-state index is 5.45. The van der Waals surface area contributed by atoms with Gasteiger partial charge >= 0.3 is 0 Å². The molecule has 1 aromatic heterocycles. The van der Waals surface area contributed by atoms with Crippen LogP contribution in [-0.2, 0) is 13.0 Å². The molecule has 1 N–H and O–H groups in total. The second kappa shape index (κ2) is 4.89. The maximum Gasteiger partial charge on any atom is 0.142 e. The number of aromatic amines is 1. The van der Waals surface area contributed by atoms with Crippen molar-refractivity contribution in [2.75, 3.05) is 20.2 Å². The molecule has 102 valence electrons. The van der Waals surface area contributed by atoms with Gasteiger partial charge in [-0.3, -0.25) is 4.90 Å². The van der Waals surface area contributed by atoms with Crippen LogP contribution in [0.3, 0.4) is 0 Å². The zero-order valence-electron chi connectivity index (χ0n) is 12.0. The first-order chi connectivity index (χ1) is 9.19. The van der Waals surface area contributed by atoms with Crippen molar-refractivity contribution >= 4 is 10.9 Å². The summed E-state index contributed by atoms with van der Waals surface area (Å²) < 4.78 is 5.45. The Kier molecular flexibility index (Phi) is 3.23. The van der Waals surface area contributed by atoms with Crippen LogP contribution in [0.25, 0.3) is 10.9 Å². The molecule has 1 aromatic carbocycles. The van der Waals surface area contributed by atoms with Crippen LogP contribution >= 0.6 is 0 Å². The fourth-order valence-electron chi connectivity index (χ4n) is 3.11. The van der Waals surface area contributed by atoms with Gasteiger partial charge < -0.3 is 9.72 Å². The van der Waals surface area contributed by atoms with E-state index in [4.69, 9.17) is 4.74 Å². The average molecular weight is 258 g/mol. The number of nitrogens with one attached hydrogen (secondary N) is 1. The summed E-state index contributed by atoms with van der Waals surface area (Å²) in [7, 11) is 1.74. The Balaban J connectivity index is 1.99. The van der Waals surface area contributed by atoms with E-state index < -0.39 is 0 Å². The van der Waals surface area contributed by atoms with Crippen molar-refractivity contribution in [3.8, 4) is 5.75 Å². The van der Waals surface area contributed by atoms with E-state index in [1.165, 1.54) is 23.2 Å². The van der Waals surface area contributed by atoms with E-state index in [9.17, 15) is 0 Å². The van der Waals surface area contributed by atoms with Gasteiger partial charge in [0.2, 0.25) is 0 Å². The summed E-state index contributed by atoms with van der Waals surface area (Å²) in [5.41, 5.74) is 4.00. The fraction of sp³-hybridized carbons (Fsp3) is 0.500. The van der Waals surface area contributed by atoms with Gasteiger partial charge in [0.25, 0.3) is 0 Å². The smallest absolute Gasteiger partial charge is 0.142 e. The molecule has 0 fully saturated rings. The highest BCUT2D eigenvalue weighted by atomic mass is 16.5. The van der Waals surface area contributed by atoms with Crippen molar-refractivity contribution in [2.24, 2.45) is 5.92 Å². The highest BCUT2D eigenvalue weighted by Crippen LogP contribution is 2.32. The molecule has 3 rings (SSSR count). The minimum Gasteiger partial charge on any atom is -0.495 e. The number of nitrogens with zero attached hydrogens (tertiary/aromatic N) is 1. The highest BCUT2D eigenvalue weighted by Gasteiger charge is 2.21. The number of H-pyrrole nitrogens is 1. The molecule has 0 saturated heterocycles. The summed E-state index contributed by atoms with van der Waals surface area (Å²) >= 11 is 0. The zero-order chi connectivity index (χ0) is 13.4. The molecule has 0 atom stereocenters. The van der Waals surface area contributed by atoms with Gasteiger partial charge in [0, 0.05) is 37.1 Å². The topological polar surface area (TPSA) is 28.3 Å². The molecule has 0 saturated carbocycles. The van der Waals surface area contributed by atoms with Crippen molar-refractivity contribution in [2.45, 2.75) is 26.8 Å². The summed E-state index contributed by atoms with van der Waals surface area (Å²) in [4.78, 5) is 6.11. The van der Waals surface area contributed by atoms with Gasteiger partial charge in [-0.25, -0.2) is 0 Å². The average Bonchev–Trinajstić information content (AvgIpc) is 2.76. The summed E-state index contributed by atoms with van der Waals surface area (Å²) in [6.07, 6.45) is 1.11. The van der Waals surface area contributed by atoms with Crippen LogP contribution in [0.5, 0.6) is 5.75 Å². The summed E-state index contributed by atoms with van der Waals surface area (Å²) in [5, 5.41) is 1.32. The van der Waals surface area contributed by atoms with E-state index in [1.54, 1.807) is 7.11 Å². The number of fused-ring (bicyclic) bond motifs is 3. The predicted molar refractivity (Wildman–Crippen MR) is 78.7 cm³/mol. The van der Waals surface area contributed by atoms with E-state index in [2.05, 4.69) is 35.9 Å². The number of para-hydroxylation sites is 1. The molecule has 0 amide bonds. The predicted octanol–water partition coefficient (Wildman–Crippen LogP) is 3.19. The van der Waals surface area contributed by atoms with E-state index in [-0.39, 0.29) is 0 Å². The second-order valence-electron chi connectivity index (χ2n) is 5.84.